The van der Waals surface area contributed by atoms with E-state index in [4.69, 9.17) is 5.73 Å². The summed E-state index contributed by atoms with van der Waals surface area (Å²) in [5, 5.41) is 3.45. The molecule has 0 saturated heterocycles. The number of pyridine rings is 1. The number of halogens is 1. The number of nitrogens with one attached hydrogen (secondary N) is 1. The highest BCUT2D eigenvalue weighted by molar-refractivity contribution is 9.10. The van der Waals surface area contributed by atoms with Crippen LogP contribution in [0.4, 0.5) is 5.82 Å². The Morgan fingerprint density at radius 2 is 2.12 bits per heavy atom. The molecule has 0 radical (unpaired) electrons. The third kappa shape index (κ3) is 4.28. The molecule has 3 N–H and O–H groups in total. The van der Waals surface area contributed by atoms with Gasteiger partial charge in [-0.25, -0.2) is 4.98 Å². The number of hydrogen-bond donors (Lipinski definition) is 2. The average Bonchev–Trinajstić information content (AvgIpc) is 2.22. The summed E-state index contributed by atoms with van der Waals surface area (Å²) in [4.78, 5) is 4.50. The highest BCUT2D eigenvalue weighted by atomic mass is 79.9. The predicted molar refractivity (Wildman–Crippen MR) is 77.2 cm³/mol. The second-order valence-corrected chi connectivity index (χ2v) is 6.11. The minimum absolute atomic E-state index is 0.0958. The lowest BCUT2D eigenvalue weighted by Gasteiger charge is -2.31. The lowest BCUT2D eigenvalue weighted by Crippen LogP contribution is -2.43. The minimum Gasteiger partial charge on any atom is -0.364 e. The third-order valence-corrected chi connectivity index (χ3v) is 3.60. The van der Waals surface area contributed by atoms with Crippen molar-refractivity contribution in [3.8, 4) is 0 Å². The molecule has 3 nitrogen and oxygen atoms in total. The maximum absolute atomic E-state index is 5.87. The van der Waals surface area contributed by atoms with Gasteiger partial charge in [0.15, 0.2) is 0 Å². The van der Waals surface area contributed by atoms with E-state index in [9.17, 15) is 0 Å². The summed E-state index contributed by atoms with van der Waals surface area (Å²) in [6.07, 6.45) is 1.03. The Hall–Kier alpha value is -0.610. The zero-order valence-electron chi connectivity index (χ0n) is 11.0. The summed E-state index contributed by atoms with van der Waals surface area (Å²) in [7, 11) is 0. The van der Waals surface area contributed by atoms with Crippen molar-refractivity contribution >= 4 is 21.7 Å². The van der Waals surface area contributed by atoms with Crippen LogP contribution >= 0.6 is 15.9 Å². The average molecular weight is 300 g/mol. The molecule has 0 amide bonds. The molecule has 1 rings (SSSR count). The van der Waals surface area contributed by atoms with E-state index in [0.717, 1.165) is 22.4 Å². The van der Waals surface area contributed by atoms with Gasteiger partial charge in [0.1, 0.15) is 5.82 Å². The van der Waals surface area contributed by atoms with Gasteiger partial charge >= 0.3 is 0 Å². The zero-order valence-corrected chi connectivity index (χ0v) is 12.6. The van der Waals surface area contributed by atoms with E-state index < -0.39 is 0 Å². The number of rotatable bonds is 5. The fourth-order valence-corrected chi connectivity index (χ4v) is 2.23. The molecule has 0 saturated carbocycles. The topological polar surface area (TPSA) is 50.9 Å². The molecule has 0 aliphatic carbocycles. The van der Waals surface area contributed by atoms with Crippen LogP contribution in [0.2, 0.25) is 0 Å². The molecule has 4 heteroatoms. The SMILES string of the molecule is Cc1nc(NC(C)(CN)CC(C)C)ccc1Br. The quantitative estimate of drug-likeness (QED) is 0.877. The largest absolute Gasteiger partial charge is 0.364 e. The number of nitrogens with zero attached hydrogens (tertiary/aromatic N) is 1. The van der Waals surface area contributed by atoms with Gasteiger partial charge in [-0.2, -0.15) is 0 Å². The first-order chi connectivity index (χ1) is 7.86. The highest BCUT2D eigenvalue weighted by Crippen LogP contribution is 2.22. The van der Waals surface area contributed by atoms with Gasteiger partial charge in [0.2, 0.25) is 0 Å². The van der Waals surface area contributed by atoms with Gasteiger partial charge in [-0.3, -0.25) is 0 Å². The molecule has 1 heterocycles. The standard InChI is InChI=1S/C13H22BrN3/c1-9(2)7-13(4,8-15)17-12-6-5-11(14)10(3)16-12/h5-6,9H,7-8,15H2,1-4H3,(H,16,17). The van der Waals surface area contributed by atoms with Gasteiger partial charge in [-0.05, 0) is 54.2 Å². The van der Waals surface area contributed by atoms with Crippen LogP contribution in [0.15, 0.2) is 16.6 Å². The van der Waals surface area contributed by atoms with E-state index in [1.165, 1.54) is 0 Å². The van der Waals surface area contributed by atoms with E-state index in [1.807, 2.05) is 19.1 Å². The number of aromatic nitrogens is 1. The molecule has 1 atom stereocenters. The molecule has 96 valence electrons. The molecule has 0 aliphatic heterocycles. The number of aryl methyl sites for hydroxylation is 1. The molecule has 0 bridgehead atoms. The fourth-order valence-electron chi connectivity index (χ4n) is 2.01. The molecule has 0 aliphatic rings. The van der Waals surface area contributed by atoms with Gasteiger partial charge in [-0.15, -0.1) is 0 Å². The van der Waals surface area contributed by atoms with Crippen molar-refractivity contribution in [2.45, 2.75) is 39.7 Å². The smallest absolute Gasteiger partial charge is 0.126 e. The fraction of sp³-hybridized carbons (Fsp3) is 0.615. The van der Waals surface area contributed by atoms with Crippen LogP contribution in [0, 0.1) is 12.8 Å². The molecule has 0 spiro atoms. The monoisotopic (exact) mass is 299 g/mol. The number of anilines is 1. The number of hydrogen-bond acceptors (Lipinski definition) is 3. The van der Waals surface area contributed by atoms with Crippen molar-refractivity contribution < 1.29 is 0 Å². The van der Waals surface area contributed by atoms with Crippen molar-refractivity contribution in [3.05, 3.63) is 22.3 Å². The van der Waals surface area contributed by atoms with Crippen LogP contribution in [0.25, 0.3) is 0 Å². The van der Waals surface area contributed by atoms with Gasteiger partial charge in [0, 0.05) is 16.6 Å². The van der Waals surface area contributed by atoms with E-state index >= 15 is 0 Å². The predicted octanol–water partition coefficient (Wildman–Crippen LogP) is 3.33. The van der Waals surface area contributed by atoms with Crippen molar-refractivity contribution in [3.63, 3.8) is 0 Å². The van der Waals surface area contributed by atoms with Crippen LogP contribution in [0.1, 0.15) is 32.9 Å². The summed E-state index contributed by atoms with van der Waals surface area (Å²) in [6.45, 7) is 9.14. The van der Waals surface area contributed by atoms with Gasteiger partial charge in [0.25, 0.3) is 0 Å². The lowest BCUT2D eigenvalue weighted by atomic mass is 9.91. The Morgan fingerprint density at radius 3 is 2.59 bits per heavy atom. The van der Waals surface area contributed by atoms with Crippen molar-refractivity contribution in [2.24, 2.45) is 11.7 Å². The first kappa shape index (κ1) is 14.5. The summed E-state index contributed by atoms with van der Waals surface area (Å²) < 4.78 is 1.03. The van der Waals surface area contributed by atoms with E-state index in [0.29, 0.717) is 12.5 Å². The van der Waals surface area contributed by atoms with Crippen molar-refractivity contribution in [1.29, 1.82) is 0 Å². The molecule has 1 unspecified atom stereocenters. The minimum atomic E-state index is -0.0958. The van der Waals surface area contributed by atoms with Crippen LogP contribution in [-0.4, -0.2) is 17.1 Å². The van der Waals surface area contributed by atoms with Crippen LogP contribution in [-0.2, 0) is 0 Å². The molecule has 0 fully saturated rings. The van der Waals surface area contributed by atoms with Crippen LogP contribution in [0.5, 0.6) is 0 Å². The van der Waals surface area contributed by atoms with Crippen molar-refractivity contribution in [2.75, 3.05) is 11.9 Å². The Morgan fingerprint density at radius 1 is 1.47 bits per heavy atom. The first-order valence-corrected chi connectivity index (χ1v) is 6.77. The number of nitrogens with two attached hydrogens (primary N) is 1. The van der Waals surface area contributed by atoms with E-state index in [2.05, 4.69) is 47.0 Å². The molecule has 17 heavy (non-hydrogen) atoms. The normalized spacial score (nSPS) is 14.8. The second kappa shape index (κ2) is 5.83. The zero-order chi connectivity index (χ0) is 13.1. The molecular formula is C13H22BrN3. The maximum Gasteiger partial charge on any atom is 0.126 e. The Balaban J connectivity index is 2.83. The summed E-state index contributed by atoms with van der Waals surface area (Å²) in [5.41, 5.74) is 6.76. The second-order valence-electron chi connectivity index (χ2n) is 5.25. The maximum atomic E-state index is 5.87. The van der Waals surface area contributed by atoms with Crippen molar-refractivity contribution in [1.82, 2.24) is 4.98 Å². The Bertz CT molecular complexity index is 379. The van der Waals surface area contributed by atoms with Gasteiger partial charge in [-0.1, -0.05) is 13.8 Å². The summed E-state index contributed by atoms with van der Waals surface area (Å²) >= 11 is 3.45. The van der Waals surface area contributed by atoms with Gasteiger partial charge in [0.05, 0.1) is 5.69 Å². The summed E-state index contributed by atoms with van der Waals surface area (Å²) in [6, 6.07) is 3.99. The van der Waals surface area contributed by atoms with Crippen LogP contribution in [0.3, 0.4) is 0 Å². The molecular weight excluding hydrogens is 278 g/mol. The third-order valence-electron chi connectivity index (χ3n) is 2.76. The molecule has 1 aromatic rings. The molecule has 0 aromatic carbocycles. The van der Waals surface area contributed by atoms with E-state index in [1.54, 1.807) is 0 Å². The first-order valence-electron chi connectivity index (χ1n) is 5.98. The molecule has 1 aromatic heterocycles. The van der Waals surface area contributed by atoms with E-state index in [-0.39, 0.29) is 5.54 Å². The van der Waals surface area contributed by atoms with Gasteiger partial charge < -0.3 is 11.1 Å². The Kier molecular flexibility index (Phi) is 4.95. The highest BCUT2D eigenvalue weighted by Gasteiger charge is 2.23. The summed E-state index contributed by atoms with van der Waals surface area (Å²) in [5.74, 6) is 1.49. The lowest BCUT2D eigenvalue weighted by molar-refractivity contribution is 0.406. The van der Waals surface area contributed by atoms with Crippen LogP contribution < -0.4 is 11.1 Å². The Labute approximate surface area is 112 Å².